The monoisotopic (exact) mass is 490 g/mol. The van der Waals surface area contributed by atoms with Gasteiger partial charge >= 0.3 is 0 Å². The van der Waals surface area contributed by atoms with Crippen molar-refractivity contribution < 1.29 is 8.91 Å². The van der Waals surface area contributed by atoms with Crippen molar-refractivity contribution in [3.8, 4) is 11.4 Å². The third kappa shape index (κ3) is 4.20. The number of benzene rings is 3. The topological polar surface area (TPSA) is 54.2 Å². The number of thiocarbonyl (C=S) groups is 1. The van der Waals surface area contributed by atoms with Crippen LogP contribution in [0.4, 0.5) is 10.1 Å². The van der Waals surface area contributed by atoms with E-state index in [1.807, 2.05) is 61.2 Å². The number of nitrogens with one attached hydrogen (secondary N) is 1. The van der Waals surface area contributed by atoms with Gasteiger partial charge in [-0.3, -0.25) is 4.90 Å². The fraction of sp³-hybridized carbons (Fsp3) is 0.115. The summed E-state index contributed by atoms with van der Waals surface area (Å²) < 4.78 is 19.4. The maximum absolute atomic E-state index is 13.7. The van der Waals surface area contributed by atoms with Crippen molar-refractivity contribution in [1.82, 2.24) is 15.5 Å². The van der Waals surface area contributed by atoms with E-state index in [4.69, 9.17) is 33.3 Å². The van der Waals surface area contributed by atoms with Crippen molar-refractivity contribution in [2.45, 2.75) is 19.9 Å². The molecule has 4 aromatic rings. The van der Waals surface area contributed by atoms with Crippen LogP contribution in [0.25, 0.3) is 17.0 Å². The first kappa shape index (κ1) is 22.3. The van der Waals surface area contributed by atoms with Crippen LogP contribution >= 0.6 is 23.8 Å². The smallest absolute Gasteiger partial charge is 0.258 e. The number of aryl methyl sites for hydroxylation is 1. The highest BCUT2D eigenvalue weighted by Gasteiger charge is 2.34. The molecule has 2 heterocycles. The lowest BCUT2D eigenvalue weighted by Gasteiger charge is -2.37. The lowest BCUT2D eigenvalue weighted by atomic mass is 9.94. The van der Waals surface area contributed by atoms with E-state index in [2.05, 4.69) is 10.5 Å². The van der Waals surface area contributed by atoms with E-state index in [9.17, 15) is 4.39 Å². The summed E-state index contributed by atoms with van der Waals surface area (Å²) in [6.07, 6.45) is 0. The van der Waals surface area contributed by atoms with Crippen molar-refractivity contribution in [2.75, 3.05) is 4.90 Å². The van der Waals surface area contributed by atoms with Crippen molar-refractivity contribution in [3.63, 3.8) is 0 Å². The first-order valence-electron chi connectivity index (χ1n) is 10.6. The summed E-state index contributed by atoms with van der Waals surface area (Å²) in [4.78, 5) is 6.60. The molecule has 1 N–H and O–H groups in total. The summed E-state index contributed by atoms with van der Waals surface area (Å²) in [6.45, 7) is 3.95. The highest BCUT2D eigenvalue weighted by Crippen LogP contribution is 2.39. The average Bonchev–Trinajstić information content (AvgIpc) is 3.29. The van der Waals surface area contributed by atoms with Gasteiger partial charge in [0.15, 0.2) is 5.11 Å². The minimum Gasteiger partial charge on any atom is -0.351 e. The van der Waals surface area contributed by atoms with Gasteiger partial charge in [0, 0.05) is 22.0 Å². The maximum Gasteiger partial charge on any atom is 0.258 e. The van der Waals surface area contributed by atoms with Crippen molar-refractivity contribution in [2.24, 2.45) is 0 Å². The zero-order valence-electron chi connectivity index (χ0n) is 18.4. The minimum absolute atomic E-state index is 0.315. The van der Waals surface area contributed by atoms with Gasteiger partial charge in [-0.1, -0.05) is 58.7 Å². The Morgan fingerprint density at radius 2 is 1.79 bits per heavy atom. The van der Waals surface area contributed by atoms with Crippen LogP contribution in [-0.4, -0.2) is 15.3 Å². The molecule has 1 atom stereocenters. The number of allylic oxidation sites excluding steroid dienone is 1. The maximum atomic E-state index is 13.7. The molecule has 0 radical (unpaired) electrons. The van der Waals surface area contributed by atoms with Crippen LogP contribution in [0, 0.1) is 12.7 Å². The summed E-state index contributed by atoms with van der Waals surface area (Å²) >= 11 is 12.0. The first-order chi connectivity index (χ1) is 16.4. The molecule has 5 nitrogen and oxygen atoms in total. The van der Waals surface area contributed by atoms with E-state index >= 15 is 0 Å². The molecule has 0 fully saturated rings. The molecular formula is C26H20ClFN4OS. The largest absolute Gasteiger partial charge is 0.351 e. The van der Waals surface area contributed by atoms with Crippen LogP contribution in [0.5, 0.6) is 0 Å². The SMILES string of the molecule is CC1=C(c2nc(-c3cccc(C)c3)no2)C(c2ccc(F)cc2)NC(=S)N1c1cccc(Cl)c1. The highest BCUT2D eigenvalue weighted by molar-refractivity contribution is 7.80. The first-order valence-corrected chi connectivity index (χ1v) is 11.4. The molecule has 170 valence electrons. The number of anilines is 1. The minimum atomic E-state index is -0.408. The van der Waals surface area contributed by atoms with E-state index in [0.29, 0.717) is 21.9 Å². The molecule has 0 aliphatic carbocycles. The third-order valence-corrected chi connectivity index (χ3v) is 6.22. The second-order valence-electron chi connectivity index (χ2n) is 8.04. The van der Waals surface area contributed by atoms with Crippen molar-refractivity contribution in [1.29, 1.82) is 0 Å². The molecule has 1 unspecified atom stereocenters. The second-order valence-corrected chi connectivity index (χ2v) is 8.86. The standard InChI is InChI=1S/C26H20ClFN4OS/c1-15-5-3-6-18(13-15)24-30-25(33-31-24)22-16(2)32(21-8-4-7-19(27)14-21)26(34)29-23(22)17-9-11-20(28)12-10-17/h3-14,23H,1-2H3,(H,29,34). The van der Waals surface area contributed by atoms with Crippen LogP contribution in [0.3, 0.4) is 0 Å². The Hall–Kier alpha value is -3.55. The fourth-order valence-corrected chi connectivity index (χ4v) is 4.63. The third-order valence-electron chi connectivity index (χ3n) is 5.69. The van der Waals surface area contributed by atoms with Gasteiger partial charge in [0.25, 0.3) is 5.89 Å². The summed E-state index contributed by atoms with van der Waals surface area (Å²) in [5, 5.41) is 8.67. The highest BCUT2D eigenvalue weighted by atomic mass is 35.5. The van der Waals surface area contributed by atoms with Gasteiger partial charge in [0.05, 0.1) is 11.6 Å². The Bertz CT molecular complexity index is 1420. The number of hydrogen-bond acceptors (Lipinski definition) is 4. The van der Waals surface area contributed by atoms with Crippen LogP contribution in [-0.2, 0) is 0 Å². The average molecular weight is 491 g/mol. The van der Waals surface area contributed by atoms with Gasteiger partial charge in [-0.15, -0.1) is 0 Å². The van der Waals surface area contributed by atoms with E-state index in [-0.39, 0.29) is 5.82 Å². The Balaban J connectivity index is 1.66. The van der Waals surface area contributed by atoms with Crippen LogP contribution in [0.2, 0.25) is 5.02 Å². The molecule has 0 amide bonds. The predicted octanol–water partition coefficient (Wildman–Crippen LogP) is 6.70. The van der Waals surface area contributed by atoms with Gasteiger partial charge in [0.1, 0.15) is 5.82 Å². The number of hydrogen-bond donors (Lipinski definition) is 1. The van der Waals surface area contributed by atoms with Gasteiger partial charge < -0.3 is 9.84 Å². The molecule has 1 aromatic heterocycles. The number of halogens is 2. The number of aromatic nitrogens is 2. The Morgan fingerprint density at radius 1 is 1.03 bits per heavy atom. The van der Waals surface area contributed by atoms with Gasteiger partial charge in [-0.05, 0) is 68.0 Å². The molecule has 0 bridgehead atoms. The van der Waals surface area contributed by atoms with Gasteiger partial charge in [-0.2, -0.15) is 4.98 Å². The van der Waals surface area contributed by atoms with E-state index in [1.165, 1.54) is 12.1 Å². The molecule has 3 aromatic carbocycles. The summed E-state index contributed by atoms with van der Waals surface area (Å²) in [5.41, 5.74) is 5.12. The summed E-state index contributed by atoms with van der Waals surface area (Å²) in [7, 11) is 0. The summed E-state index contributed by atoms with van der Waals surface area (Å²) in [6, 6.07) is 21.2. The molecule has 1 aliphatic heterocycles. The molecule has 0 spiro atoms. The van der Waals surface area contributed by atoms with Crippen LogP contribution < -0.4 is 10.2 Å². The molecule has 8 heteroatoms. The van der Waals surface area contributed by atoms with Gasteiger partial charge in [0.2, 0.25) is 5.82 Å². The molecule has 0 saturated heterocycles. The fourth-order valence-electron chi connectivity index (χ4n) is 4.09. The quantitative estimate of drug-likeness (QED) is 0.321. The van der Waals surface area contributed by atoms with Crippen molar-refractivity contribution in [3.05, 3.63) is 106 Å². The number of nitrogens with zero attached hydrogens (tertiary/aromatic N) is 3. The Morgan fingerprint density at radius 3 is 2.53 bits per heavy atom. The van der Waals surface area contributed by atoms with Crippen LogP contribution in [0.15, 0.2) is 83.0 Å². The molecule has 34 heavy (non-hydrogen) atoms. The molecule has 1 aliphatic rings. The lowest BCUT2D eigenvalue weighted by molar-refractivity contribution is 0.404. The van der Waals surface area contributed by atoms with Crippen LogP contribution in [0.1, 0.15) is 30.0 Å². The van der Waals surface area contributed by atoms with Crippen molar-refractivity contribution >= 4 is 40.2 Å². The second kappa shape index (κ2) is 9.00. The van der Waals surface area contributed by atoms with E-state index in [0.717, 1.165) is 33.6 Å². The molecule has 5 rings (SSSR count). The zero-order chi connectivity index (χ0) is 23.8. The summed E-state index contributed by atoms with van der Waals surface area (Å²) in [5.74, 6) is 0.522. The van der Waals surface area contributed by atoms with Gasteiger partial charge in [-0.25, -0.2) is 4.39 Å². The zero-order valence-corrected chi connectivity index (χ0v) is 20.0. The van der Waals surface area contributed by atoms with E-state index in [1.54, 1.807) is 18.2 Å². The Kier molecular flexibility index (Phi) is 5.89. The predicted molar refractivity (Wildman–Crippen MR) is 136 cm³/mol. The molecular weight excluding hydrogens is 471 g/mol. The van der Waals surface area contributed by atoms with E-state index < -0.39 is 6.04 Å². The normalized spacial score (nSPS) is 16.1. The Labute approximate surface area is 206 Å². The lowest BCUT2D eigenvalue weighted by Crippen LogP contribution is -2.46. The number of rotatable bonds is 4. The molecule has 0 saturated carbocycles.